The molecule has 1 N–H and O–H groups in total. The van der Waals surface area contributed by atoms with Crippen molar-refractivity contribution in [2.45, 2.75) is 18.9 Å². The maximum atomic E-state index is 12.4. The monoisotopic (exact) mass is 278 g/mol. The minimum Gasteiger partial charge on any atom is -0.481 e. The van der Waals surface area contributed by atoms with Crippen LogP contribution in [0.4, 0.5) is 13.2 Å². The van der Waals surface area contributed by atoms with Gasteiger partial charge in [-0.15, -0.1) is 0 Å². The Kier molecular flexibility index (Phi) is 5.07. The summed E-state index contributed by atoms with van der Waals surface area (Å²) in [5.41, 5.74) is -0.126. The molecule has 1 aromatic carbocycles. The van der Waals surface area contributed by atoms with Gasteiger partial charge in [0.25, 0.3) is 0 Å². The molecule has 0 heterocycles. The SMILES string of the molecule is CC(CSCc1cccc(C(F)(F)F)c1)C(=O)O. The second-order valence-electron chi connectivity index (χ2n) is 3.95. The lowest BCUT2D eigenvalue weighted by Crippen LogP contribution is -2.11. The van der Waals surface area contributed by atoms with E-state index in [1.807, 2.05) is 0 Å². The van der Waals surface area contributed by atoms with E-state index in [0.717, 1.165) is 12.1 Å². The van der Waals surface area contributed by atoms with E-state index in [4.69, 9.17) is 5.11 Å². The molecule has 2 nitrogen and oxygen atoms in total. The second kappa shape index (κ2) is 6.13. The fourth-order valence-corrected chi connectivity index (χ4v) is 2.29. The third-order valence-corrected chi connectivity index (χ3v) is 3.59. The maximum Gasteiger partial charge on any atom is 0.416 e. The van der Waals surface area contributed by atoms with Crippen LogP contribution < -0.4 is 0 Å². The lowest BCUT2D eigenvalue weighted by molar-refractivity contribution is -0.140. The van der Waals surface area contributed by atoms with Crippen LogP contribution in [0.15, 0.2) is 24.3 Å². The van der Waals surface area contributed by atoms with Crippen molar-refractivity contribution in [3.63, 3.8) is 0 Å². The zero-order chi connectivity index (χ0) is 13.8. The highest BCUT2D eigenvalue weighted by molar-refractivity contribution is 7.98. The maximum absolute atomic E-state index is 12.4. The van der Waals surface area contributed by atoms with Crippen molar-refractivity contribution in [2.24, 2.45) is 5.92 Å². The molecule has 6 heteroatoms. The first-order chi connectivity index (χ1) is 8.30. The average Bonchev–Trinajstić information content (AvgIpc) is 2.28. The number of carboxylic acids is 1. The molecule has 1 unspecified atom stereocenters. The van der Waals surface area contributed by atoms with Crippen molar-refractivity contribution in [3.05, 3.63) is 35.4 Å². The molecular weight excluding hydrogens is 265 g/mol. The van der Waals surface area contributed by atoms with Gasteiger partial charge in [0.2, 0.25) is 0 Å². The Labute approximate surface area is 107 Å². The third-order valence-electron chi connectivity index (χ3n) is 2.31. The summed E-state index contributed by atoms with van der Waals surface area (Å²) in [6.45, 7) is 1.57. The lowest BCUT2D eigenvalue weighted by atomic mass is 10.1. The van der Waals surface area contributed by atoms with Crippen LogP contribution in [0.3, 0.4) is 0 Å². The van der Waals surface area contributed by atoms with Gasteiger partial charge in [-0.3, -0.25) is 4.79 Å². The van der Waals surface area contributed by atoms with Crippen LogP contribution in [-0.2, 0) is 16.7 Å². The van der Waals surface area contributed by atoms with Gasteiger partial charge < -0.3 is 5.11 Å². The minimum atomic E-state index is -4.34. The van der Waals surface area contributed by atoms with Gasteiger partial charge in [0, 0.05) is 11.5 Å². The Morgan fingerprint density at radius 2 is 2.11 bits per heavy atom. The molecule has 0 saturated carbocycles. The molecular formula is C12H13F3O2S. The van der Waals surface area contributed by atoms with Crippen LogP contribution in [0.5, 0.6) is 0 Å². The summed E-state index contributed by atoms with van der Waals surface area (Å²) in [7, 11) is 0. The highest BCUT2D eigenvalue weighted by Crippen LogP contribution is 2.30. The van der Waals surface area contributed by atoms with Gasteiger partial charge in [-0.25, -0.2) is 0 Å². The molecule has 0 amide bonds. The molecule has 0 bridgehead atoms. The van der Waals surface area contributed by atoms with Crippen molar-refractivity contribution in [1.82, 2.24) is 0 Å². The number of aliphatic carboxylic acids is 1. The van der Waals surface area contributed by atoms with Gasteiger partial charge in [-0.05, 0) is 11.6 Å². The Balaban J connectivity index is 2.56. The quantitative estimate of drug-likeness (QED) is 0.893. The summed E-state index contributed by atoms with van der Waals surface area (Å²) in [6, 6.07) is 5.08. The van der Waals surface area contributed by atoms with Crippen molar-refractivity contribution >= 4 is 17.7 Å². The summed E-state index contributed by atoms with van der Waals surface area (Å²) in [5, 5.41) is 8.67. The lowest BCUT2D eigenvalue weighted by Gasteiger charge is -2.09. The molecule has 0 aromatic heterocycles. The van der Waals surface area contributed by atoms with Crippen LogP contribution >= 0.6 is 11.8 Å². The highest BCUT2D eigenvalue weighted by atomic mass is 32.2. The number of thioether (sulfide) groups is 1. The molecule has 0 radical (unpaired) electrons. The summed E-state index contributed by atoms with van der Waals surface area (Å²) < 4.78 is 37.3. The highest BCUT2D eigenvalue weighted by Gasteiger charge is 2.30. The molecule has 1 rings (SSSR count). The summed E-state index contributed by atoms with van der Waals surface area (Å²) >= 11 is 1.31. The number of benzene rings is 1. The van der Waals surface area contributed by atoms with E-state index in [1.54, 1.807) is 13.0 Å². The van der Waals surface area contributed by atoms with Gasteiger partial charge in [0.15, 0.2) is 0 Å². The smallest absolute Gasteiger partial charge is 0.416 e. The number of hydrogen-bond donors (Lipinski definition) is 1. The number of rotatable bonds is 5. The van der Waals surface area contributed by atoms with Crippen molar-refractivity contribution in [2.75, 3.05) is 5.75 Å². The molecule has 1 aromatic rings. The van der Waals surface area contributed by atoms with E-state index in [0.29, 0.717) is 17.1 Å². The first kappa shape index (κ1) is 14.9. The van der Waals surface area contributed by atoms with Crippen LogP contribution in [0.1, 0.15) is 18.1 Å². The number of halogens is 3. The Bertz CT molecular complexity index is 418. The number of carboxylic acid groups (broad SMARTS) is 1. The van der Waals surface area contributed by atoms with Gasteiger partial charge in [-0.2, -0.15) is 24.9 Å². The molecule has 18 heavy (non-hydrogen) atoms. The number of hydrogen-bond acceptors (Lipinski definition) is 2. The average molecular weight is 278 g/mol. The van der Waals surface area contributed by atoms with E-state index in [1.165, 1.54) is 17.8 Å². The van der Waals surface area contributed by atoms with Crippen molar-refractivity contribution in [3.8, 4) is 0 Å². The summed E-state index contributed by atoms with van der Waals surface area (Å²) in [4.78, 5) is 10.6. The predicted molar refractivity (Wildman–Crippen MR) is 64.4 cm³/mol. The Morgan fingerprint density at radius 1 is 1.44 bits per heavy atom. The van der Waals surface area contributed by atoms with E-state index in [9.17, 15) is 18.0 Å². The van der Waals surface area contributed by atoms with Crippen LogP contribution in [0, 0.1) is 5.92 Å². The van der Waals surface area contributed by atoms with Crippen LogP contribution in [-0.4, -0.2) is 16.8 Å². The topological polar surface area (TPSA) is 37.3 Å². The first-order valence-electron chi connectivity index (χ1n) is 5.27. The first-order valence-corrected chi connectivity index (χ1v) is 6.43. The van der Waals surface area contributed by atoms with E-state index >= 15 is 0 Å². The largest absolute Gasteiger partial charge is 0.481 e. The molecule has 0 aliphatic carbocycles. The number of carbonyl (C=O) groups is 1. The third kappa shape index (κ3) is 4.60. The molecule has 0 fully saturated rings. The Hall–Kier alpha value is -1.17. The van der Waals surface area contributed by atoms with E-state index in [2.05, 4.69) is 0 Å². The molecule has 0 spiro atoms. The molecule has 0 aliphatic rings. The fraction of sp³-hybridized carbons (Fsp3) is 0.417. The van der Waals surface area contributed by atoms with Gasteiger partial charge in [-0.1, -0.05) is 25.1 Å². The van der Waals surface area contributed by atoms with E-state index in [-0.39, 0.29) is 0 Å². The predicted octanol–water partition coefficient (Wildman–Crippen LogP) is 3.66. The zero-order valence-corrected chi connectivity index (χ0v) is 10.5. The molecule has 0 saturated heterocycles. The van der Waals surface area contributed by atoms with E-state index < -0.39 is 23.6 Å². The van der Waals surface area contributed by atoms with Crippen molar-refractivity contribution in [1.29, 1.82) is 0 Å². The Morgan fingerprint density at radius 3 is 2.67 bits per heavy atom. The summed E-state index contributed by atoms with van der Waals surface area (Å²) in [5.74, 6) is -0.639. The van der Waals surface area contributed by atoms with Gasteiger partial charge in [0.05, 0.1) is 11.5 Å². The molecule has 0 aliphatic heterocycles. The second-order valence-corrected chi connectivity index (χ2v) is 4.98. The fourth-order valence-electron chi connectivity index (χ4n) is 1.26. The standard InChI is InChI=1S/C12H13F3O2S/c1-8(11(16)17)6-18-7-9-3-2-4-10(5-9)12(13,14)15/h2-5,8H,6-7H2,1H3,(H,16,17). The molecule has 1 atom stereocenters. The van der Waals surface area contributed by atoms with Crippen LogP contribution in [0.25, 0.3) is 0 Å². The summed E-state index contributed by atoms with van der Waals surface area (Å²) in [6.07, 6.45) is -4.34. The van der Waals surface area contributed by atoms with Crippen LogP contribution in [0.2, 0.25) is 0 Å². The number of alkyl halides is 3. The normalized spacial score (nSPS) is 13.3. The van der Waals surface area contributed by atoms with Gasteiger partial charge >= 0.3 is 12.1 Å². The molecule has 100 valence electrons. The van der Waals surface area contributed by atoms with Gasteiger partial charge in [0.1, 0.15) is 0 Å². The zero-order valence-electron chi connectivity index (χ0n) is 9.70. The van der Waals surface area contributed by atoms with Crippen molar-refractivity contribution < 1.29 is 23.1 Å². The minimum absolute atomic E-state index is 0.377.